The van der Waals surface area contributed by atoms with E-state index in [1.807, 2.05) is 4.90 Å². The minimum atomic E-state index is -0.206. The zero-order valence-corrected chi connectivity index (χ0v) is 12.7. The van der Waals surface area contributed by atoms with Crippen LogP contribution < -0.4 is 11.1 Å². The van der Waals surface area contributed by atoms with Crippen molar-refractivity contribution in [2.24, 2.45) is 11.7 Å². The molecule has 2 saturated heterocycles. The molecule has 0 spiro atoms. The van der Waals surface area contributed by atoms with E-state index in [0.29, 0.717) is 19.5 Å². The van der Waals surface area contributed by atoms with Crippen LogP contribution in [0.4, 0.5) is 0 Å². The van der Waals surface area contributed by atoms with E-state index >= 15 is 0 Å². The highest BCUT2D eigenvalue weighted by Gasteiger charge is 2.31. The molecule has 2 unspecified atom stereocenters. The standard InChI is InChI=1S/C14H26N4O3/c1-11(9-15)14(20)16-12-8-13(19)18(10-12)3-2-17-4-6-21-7-5-17/h11-12H,2-10,15H2,1H3,(H,16,20). The molecule has 0 aromatic carbocycles. The van der Waals surface area contributed by atoms with E-state index in [1.165, 1.54) is 0 Å². The maximum atomic E-state index is 12.0. The molecule has 7 nitrogen and oxygen atoms in total. The quantitative estimate of drug-likeness (QED) is 0.632. The molecule has 2 fully saturated rings. The summed E-state index contributed by atoms with van der Waals surface area (Å²) in [6.07, 6.45) is 0.395. The van der Waals surface area contributed by atoms with Crippen LogP contribution >= 0.6 is 0 Å². The molecule has 120 valence electrons. The molecule has 7 heteroatoms. The minimum Gasteiger partial charge on any atom is -0.379 e. The predicted octanol–water partition coefficient (Wildman–Crippen LogP) is -1.37. The van der Waals surface area contributed by atoms with E-state index in [4.69, 9.17) is 10.5 Å². The van der Waals surface area contributed by atoms with Crippen LogP contribution in [0, 0.1) is 5.92 Å². The molecule has 0 bridgehead atoms. The molecular formula is C14H26N4O3. The van der Waals surface area contributed by atoms with Gasteiger partial charge in [-0.05, 0) is 0 Å². The molecule has 2 rings (SSSR count). The van der Waals surface area contributed by atoms with Crippen LogP contribution in [0.25, 0.3) is 0 Å². The fraction of sp³-hybridized carbons (Fsp3) is 0.857. The van der Waals surface area contributed by atoms with Crippen molar-refractivity contribution in [3.8, 4) is 0 Å². The first-order valence-electron chi connectivity index (χ1n) is 7.68. The number of carbonyl (C=O) groups is 2. The number of nitrogens with zero attached hydrogens (tertiary/aromatic N) is 2. The Bertz CT molecular complexity index is 371. The van der Waals surface area contributed by atoms with Gasteiger partial charge in [-0.15, -0.1) is 0 Å². The number of ether oxygens (including phenoxy) is 1. The molecule has 2 atom stereocenters. The third-order valence-electron chi connectivity index (χ3n) is 4.15. The zero-order chi connectivity index (χ0) is 15.2. The lowest BCUT2D eigenvalue weighted by molar-refractivity contribution is -0.128. The highest BCUT2D eigenvalue weighted by molar-refractivity contribution is 5.83. The van der Waals surface area contributed by atoms with Crippen LogP contribution in [-0.2, 0) is 14.3 Å². The lowest BCUT2D eigenvalue weighted by Crippen LogP contribution is -2.44. The van der Waals surface area contributed by atoms with Crippen molar-refractivity contribution in [1.29, 1.82) is 0 Å². The average Bonchev–Trinajstić information content (AvgIpc) is 2.85. The number of hydrogen-bond donors (Lipinski definition) is 2. The number of nitrogens with one attached hydrogen (secondary N) is 1. The summed E-state index contributed by atoms with van der Waals surface area (Å²) in [4.78, 5) is 27.9. The Labute approximate surface area is 125 Å². The highest BCUT2D eigenvalue weighted by Crippen LogP contribution is 2.12. The highest BCUT2D eigenvalue weighted by atomic mass is 16.5. The van der Waals surface area contributed by atoms with Crippen LogP contribution in [-0.4, -0.2) is 80.1 Å². The Morgan fingerprint density at radius 3 is 2.81 bits per heavy atom. The van der Waals surface area contributed by atoms with Gasteiger partial charge in [-0.2, -0.15) is 0 Å². The summed E-state index contributed by atoms with van der Waals surface area (Å²) in [6.45, 7) is 7.70. The van der Waals surface area contributed by atoms with Crippen molar-refractivity contribution in [1.82, 2.24) is 15.1 Å². The molecule has 2 heterocycles. The Kier molecular flexibility index (Phi) is 5.96. The molecule has 0 radical (unpaired) electrons. The molecule has 0 saturated carbocycles. The van der Waals surface area contributed by atoms with E-state index in [1.54, 1.807) is 6.92 Å². The van der Waals surface area contributed by atoms with E-state index in [2.05, 4.69) is 10.2 Å². The summed E-state index contributed by atoms with van der Waals surface area (Å²) in [7, 11) is 0. The number of morpholine rings is 1. The first-order valence-corrected chi connectivity index (χ1v) is 7.68. The molecular weight excluding hydrogens is 272 g/mol. The van der Waals surface area contributed by atoms with Crippen LogP contribution in [0.1, 0.15) is 13.3 Å². The van der Waals surface area contributed by atoms with Crippen molar-refractivity contribution < 1.29 is 14.3 Å². The number of likely N-dealkylation sites (tertiary alicyclic amines) is 1. The fourth-order valence-electron chi connectivity index (χ4n) is 2.62. The first kappa shape index (κ1) is 16.2. The number of hydrogen-bond acceptors (Lipinski definition) is 5. The van der Waals surface area contributed by atoms with Crippen molar-refractivity contribution in [2.75, 3.05) is 52.5 Å². The van der Waals surface area contributed by atoms with E-state index in [9.17, 15) is 9.59 Å². The summed E-state index contributed by atoms with van der Waals surface area (Å²) in [5.74, 6) is -0.151. The largest absolute Gasteiger partial charge is 0.379 e. The van der Waals surface area contributed by atoms with Gasteiger partial charge in [0.15, 0.2) is 0 Å². The molecule has 2 amide bonds. The zero-order valence-electron chi connectivity index (χ0n) is 12.7. The lowest BCUT2D eigenvalue weighted by atomic mass is 10.1. The Hall–Kier alpha value is -1.18. The molecule has 2 aliphatic rings. The first-order chi connectivity index (χ1) is 10.1. The second-order valence-electron chi connectivity index (χ2n) is 5.84. The molecule has 2 aliphatic heterocycles. The molecule has 0 aromatic heterocycles. The minimum absolute atomic E-state index is 0.0645. The van der Waals surface area contributed by atoms with E-state index in [0.717, 1.165) is 39.4 Å². The summed E-state index contributed by atoms with van der Waals surface area (Å²) >= 11 is 0. The van der Waals surface area contributed by atoms with Crippen molar-refractivity contribution >= 4 is 11.8 Å². The van der Waals surface area contributed by atoms with Gasteiger partial charge in [-0.25, -0.2) is 0 Å². The average molecular weight is 298 g/mol. The Balaban J connectivity index is 1.73. The summed E-state index contributed by atoms with van der Waals surface area (Å²) < 4.78 is 5.31. The maximum absolute atomic E-state index is 12.0. The number of amides is 2. The summed E-state index contributed by atoms with van der Waals surface area (Å²) in [6, 6.07) is -0.0799. The number of nitrogens with two attached hydrogens (primary N) is 1. The SMILES string of the molecule is CC(CN)C(=O)NC1CC(=O)N(CCN2CCOCC2)C1. The number of carbonyl (C=O) groups excluding carboxylic acids is 2. The van der Waals surface area contributed by atoms with E-state index < -0.39 is 0 Å². The maximum Gasteiger partial charge on any atom is 0.224 e. The normalized spacial score (nSPS) is 25.1. The fourth-order valence-corrected chi connectivity index (χ4v) is 2.62. The van der Waals surface area contributed by atoms with Crippen LogP contribution in [0.15, 0.2) is 0 Å². The van der Waals surface area contributed by atoms with Gasteiger partial charge in [0.2, 0.25) is 11.8 Å². The van der Waals surface area contributed by atoms with Gasteiger partial charge >= 0.3 is 0 Å². The molecule has 21 heavy (non-hydrogen) atoms. The van der Waals surface area contributed by atoms with Crippen LogP contribution in [0.5, 0.6) is 0 Å². The van der Waals surface area contributed by atoms with Gasteiger partial charge in [0, 0.05) is 51.6 Å². The smallest absolute Gasteiger partial charge is 0.224 e. The van der Waals surface area contributed by atoms with Gasteiger partial charge in [0.05, 0.1) is 19.3 Å². The molecule has 0 aromatic rings. The van der Waals surface area contributed by atoms with Gasteiger partial charge in [0.25, 0.3) is 0 Å². The molecule has 3 N–H and O–H groups in total. The van der Waals surface area contributed by atoms with Gasteiger partial charge < -0.3 is 20.7 Å². The Morgan fingerprint density at radius 2 is 2.14 bits per heavy atom. The number of rotatable bonds is 6. The van der Waals surface area contributed by atoms with Crippen LogP contribution in [0.3, 0.4) is 0 Å². The second kappa shape index (κ2) is 7.72. The van der Waals surface area contributed by atoms with Crippen molar-refractivity contribution in [3.63, 3.8) is 0 Å². The van der Waals surface area contributed by atoms with Gasteiger partial charge in [0.1, 0.15) is 0 Å². The summed E-state index contributed by atoms with van der Waals surface area (Å²) in [5.41, 5.74) is 5.48. The monoisotopic (exact) mass is 298 g/mol. The van der Waals surface area contributed by atoms with Crippen LogP contribution in [0.2, 0.25) is 0 Å². The topological polar surface area (TPSA) is 87.9 Å². The third-order valence-corrected chi connectivity index (χ3v) is 4.15. The third kappa shape index (κ3) is 4.66. The predicted molar refractivity (Wildman–Crippen MR) is 78.6 cm³/mol. The van der Waals surface area contributed by atoms with Crippen molar-refractivity contribution in [2.45, 2.75) is 19.4 Å². The summed E-state index contributed by atoms with van der Waals surface area (Å²) in [5, 5.41) is 2.91. The van der Waals surface area contributed by atoms with Gasteiger partial charge in [-0.3, -0.25) is 14.5 Å². The Morgan fingerprint density at radius 1 is 1.43 bits per heavy atom. The van der Waals surface area contributed by atoms with E-state index in [-0.39, 0.29) is 23.8 Å². The van der Waals surface area contributed by atoms with Crippen molar-refractivity contribution in [3.05, 3.63) is 0 Å². The molecule has 0 aliphatic carbocycles. The second-order valence-corrected chi connectivity index (χ2v) is 5.84. The lowest BCUT2D eigenvalue weighted by Gasteiger charge is -2.28. The van der Waals surface area contributed by atoms with Gasteiger partial charge in [-0.1, -0.05) is 6.92 Å².